The Morgan fingerprint density at radius 2 is 2.12 bits per heavy atom. The van der Waals surface area contributed by atoms with E-state index < -0.39 is 0 Å². The van der Waals surface area contributed by atoms with Crippen LogP contribution >= 0.6 is 0 Å². The van der Waals surface area contributed by atoms with E-state index in [2.05, 4.69) is 22.4 Å². The number of hydrogen-bond acceptors (Lipinski definition) is 3. The van der Waals surface area contributed by atoms with Crippen LogP contribution in [0.25, 0.3) is 0 Å². The van der Waals surface area contributed by atoms with Gasteiger partial charge in [0.05, 0.1) is 5.71 Å². The fourth-order valence-electron chi connectivity index (χ4n) is 1.53. The van der Waals surface area contributed by atoms with Crippen LogP contribution in [0, 0.1) is 0 Å². The third-order valence-electron chi connectivity index (χ3n) is 2.43. The van der Waals surface area contributed by atoms with Gasteiger partial charge in [0.25, 0.3) is 5.91 Å². The highest BCUT2D eigenvalue weighted by molar-refractivity contribution is 6.00. The summed E-state index contributed by atoms with van der Waals surface area (Å²) < 4.78 is 0. The summed E-state index contributed by atoms with van der Waals surface area (Å²) in [7, 11) is 0. The van der Waals surface area contributed by atoms with Crippen molar-refractivity contribution in [3.05, 3.63) is 41.7 Å². The predicted octanol–water partition coefficient (Wildman–Crippen LogP) is 1.91. The van der Waals surface area contributed by atoms with E-state index in [0.717, 1.165) is 18.6 Å². The van der Waals surface area contributed by atoms with Crippen LogP contribution in [0.1, 0.15) is 30.1 Å². The Labute approximate surface area is 94.1 Å². The van der Waals surface area contributed by atoms with Gasteiger partial charge in [0.1, 0.15) is 0 Å². The van der Waals surface area contributed by atoms with Gasteiger partial charge in [-0.3, -0.25) is 9.78 Å². The van der Waals surface area contributed by atoms with Gasteiger partial charge in [0, 0.05) is 18.0 Å². The van der Waals surface area contributed by atoms with E-state index in [-0.39, 0.29) is 5.91 Å². The summed E-state index contributed by atoms with van der Waals surface area (Å²) in [5, 5.41) is 4.07. The van der Waals surface area contributed by atoms with Gasteiger partial charge in [-0.05, 0) is 38.0 Å². The third-order valence-corrected chi connectivity index (χ3v) is 2.43. The van der Waals surface area contributed by atoms with Crippen LogP contribution in [0.15, 0.2) is 41.3 Å². The summed E-state index contributed by atoms with van der Waals surface area (Å²) in [6, 6.07) is 3.32. The minimum absolute atomic E-state index is 0.201. The van der Waals surface area contributed by atoms with Crippen molar-refractivity contribution in [2.24, 2.45) is 5.10 Å². The number of rotatable bonds is 2. The molecular formula is C12H13N3O. The molecule has 82 valence electrons. The summed E-state index contributed by atoms with van der Waals surface area (Å²) >= 11 is 0. The van der Waals surface area contributed by atoms with Gasteiger partial charge < -0.3 is 0 Å². The first-order valence-corrected chi connectivity index (χ1v) is 5.20. The van der Waals surface area contributed by atoms with Crippen LogP contribution in [-0.2, 0) is 0 Å². The van der Waals surface area contributed by atoms with Gasteiger partial charge >= 0.3 is 0 Å². The second kappa shape index (κ2) is 4.70. The summed E-state index contributed by atoms with van der Waals surface area (Å²) in [6.07, 6.45) is 7.11. The number of carbonyl (C=O) groups excluding carboxylic acids is 1. The van der Waals surface area contributed by atoms with Crippen LogP contribution in [0.2, 0.25) is 0 Å². The summed E-state index contributed by atoms with van der Waals surface area (Å²) in [4.78, 5) is 15.5. The molecule has 0 unspecified atom stereocenters. The van der Waals surface area contributed by atoms with E-state index in [9.17, 15) is 4.79 Å². The van der Waals surface area contributed by atoms with Crippen molar-refractivity contribution in [3.8, 4) is 0 Å². The highest BCUT2D eigenvalue weighted by Crippen LogP contribution is 2.14. The molecule has 0 aliphatic heterocycles. The standard InChI is InChI=1S/C12H13N3O/c1-9-2-3-11(8-9)14-15-12(16)10-4-6-13-7-5-10/h4-8H,2-3H2,1H3,(H,15,16)/b14-11-. The minimum atomic E-state index is -0.201. The maximum Gasteiger partial charge on any atom is 0.271 e. The van der Waals surface area contributed by atoms with Crippen LogP contribution < -0.4 is 5.43 Å². The molecule has 0 saturated carbocycles. The number of aromatic nitrogens is 1. The normalized spacial score (nSPS) is 17.3. The van der Waals surface area contributed by atoms with Gasteiger partial charge in [0.2, 0.25) is 0 Å². The largest absolute Gasteiger partial charge is 0.271 e. The molecule has 1 aliphatic carbocycles. The first-order chi connectivity index (χ1) is 7.75. The Morgan fingerprint density at radius 3 is 2.75 bits per heavy atom. The van der Waals surface area contributed by atoms with Crippen LogP contribution in [0.5, 0.6) is 0 Å². The Morgan fingerprint density at radius 1 is 1.38 bits per heavy atom. The van der Waals surface area contributed by atoms with E-state index in [4.69, 9.17) is 0 Å². The molecule has 0 radical (unpaired) electrons. The van der Waals surface area contributed by atoms with E-state index >= 15 is 0 Å². The molecule has 0 fully saturated rings. The smallest absolute Gasteiger partial charge is 0.267 e. The Hall–Kier alpha value is -1.97. The van der Waals surface area contributed by atoms with Crippen molar-refractivity contribution < 1.29 is 4.79 Å². The lowest BCUT2D eigenvalue weighted by Gasteiger charge is -1.99. The van der Waals surface area contributed by atoms with E-state index in [1.165, 1.54) is 5.57 Å². The monoisotopic (exact) mass is 215 g/mol. The van der Waals surface area contributed by atoms with E-state index in [1.54, 1.807) is 24.5 Å². The van der Waals surface area contributed by atoms with Gasteiger partial charge in [-0.15, -0.1) is 0 Å². The number of pyridine rings is 1. The fourth-order valence-corrected chi connectivity index (χ4v) is 1.53. The van der Waals surface area contributed by atoms with Crippen LogP contribution in [0.3, 0.4) is 0 Å². The molecule has 4 nitrogen and oxygen atoms in total. The quantitative estimate of drug-likeness (QED) is 0.766. The second-order valence-corrected chi connectivity index (χ2v) is 3.77. The lowest BCUT2D eigenvalue weighted by atomic mass is 10.2. The molecule has 0 saturated heterocycles. The van der Waals surface area contributed by atoms with Crippen LogP contribution in [-0.4, -0.2) is 16.6 Å². The van der Waals surface area contributed by atoms with Crippen molar-refractivity contribution in [2.45, 2.75) is 19.8 Å². The Bertz CT molecular complexity index is 449. The average molecular weight is 215 g/mol. The number of nitrogens with one attached hydrogen (secondary N) is 1. The number of hydrazone groups is 1. The highest BCUT2D eigenvalue weighted by atomic mass is 16.2. The van der Waals surface area contributed by atoms with Gasteiger partial charge in [-0.1, -0.05) is 5.57 Å². The fraction of sp³-hybridized carbons (Fsp3) is 0.250. The molecule has 0 spiro atoms. The topological polar surface area (TPSA) is 54.4 Å². The molecule has 1 N–H and O–H groups in total. The lowest BCUT2D eigenvalue weighted by molar-refractivity contribution is 0.0954. The number of hydrogen-bond donors (Lipinski definition) is 1. The molecule has 1 aromatic rings. The summed E-state index contributed by atoms with van der Waals surface area (Å²) in [5.74, 6) is -0.201. The summed E-state index contributed by atoms with van der Waals surface area (Å²) in [6.45, 7) is 2.06. The molecule has 1 heterocycles. The SMILES string of the molecule is CC1=C/C(=N\NC(=O)c2ccncc2)CC1. The Balaban J connectivity index is 1.99. The summed E-state index contributed by atoms with van der Waals surface area (Å²) in [5.41, 5.74) is 5.34. The molecule has 16 heavy (non-hydrogen) atoms. The molecule has 1 aliphatic rings. The average Bonchev–Trinajstić information content (AvgIpc) is 2.73. The van der Waals surface area contributed by atoms with Crippen molar-refractivity contribution >= 4 is 11.6 Å². The predicted molar refractivity (Wildman–Crippen MR) is 62.1 cm³/mol. The minimum Gasteiger partial charge on any atom is -0.267 e. The molecule has 0 bridgehead atoms. The first-order valence-electron chi connectivity index (χ1n) is 5.20. The molecule has 0 atom stereocenters. The highest BCUT2D eigenvalue weighted by Gasteiger charge is 2.08. The van der Waals surface area contributed by atoms with Gasteiger partial charge in [-0.25, -0.2) is 5.43 Å². The molecule has 1 aromatic heterocycles. The van der Waals surface area contributed by atoms with E-state index in [0.29, 0.717) is 5.56 Å². The van der Waals surface area contributed by atoms with Gasteiger partial charge in [-0.2, -0.15) is 5.10 Å². The molecule has 2 rings (SSSR count). The number of nitrogens with zero attached hydrogens (tertiary/aromatic N) is 2. The molecular weight excluding hydrogens is 202 g/mol. The Kier molecular flexibility index (Phi) is 3.10. The maximum atomic E-state index is 11.6. The lowest BCUT2D eigenvalue weighted by Crippen LogP contribution is -2.18. The van der Waals surface area contributed by atoms with E-state index in [1.807, 2.05) is 6.08 Å². The van der Waals surface area contributed by atoms with Crippen molar-refractivity contribution in [1.29, 1.82) is 0 Å². The van der Waals surface area contributed by atoms with Crippen molar-refractivity contribution in [2.75, 3.05) is 0 Å². The molecule has 0 aromatic carbocycles. The van der Waals surface area contributed by atoms with Crippen molar-refractivity contribution in [1.82, 2.24) is 10.4 Å². The maximum absolute atomic E-state index is 11.6. The van der Waals surface area contributed by atoms with Crippen molar-refractivity contribution in [3.63, 3.8) is 0 Å². The second-order valence-electron chi connectivity index (χ2n) is 3.77. The number of allylic oxidation sites excluding steroid dienone is 2. The zero-order valence-electron chi connectivity index (χ0n) is 9.10. The number of carbonyl (C=O) groups is 1. The first kappa shape index (κ1) is 10.5. The number of amides is 1. The molecule has 4 heteroatoms. The third kappa shape index (κ3) is 2.53. The zero-order chi connectivity index (χ0) is 11.4. The van der Waals surface area contributed by atoms with Gasteiger partial charge in [0.15, 0.2) is 0 Å². The molecule has 1 amide bonds. The van der Waals surface area contributed by atoms with Crippen LogP contribution in [0.4, 0.5) is 0 Å². The zero-order valence-corrected chi connectivity index (χ0v) is 9.10.